The Morgan fingerprint density at radius 3 is 1.46 bits per heavy atom. The van der Waals surface area contributed by atoms with E-state index in [0.717, 1.165) is 11.1 Å². The van der Waals surface area contributed by atoms with Gasteiger partial charge in [-0.2, -0.15) is 0 Å². The Balaban J connectivity index is 2.05. The summed E-state index contributed by atoms with van der Waals surface area (Å²) in [6.07, 6.45) is 0. The summed E-state index contributed by atoms with van der Waals surface area (Å²) in [5.41, 5.74) is 2.92. The second-order valence-electron chi connectivity index (χ2n) is 5.80. The zero-order valence-corrected chi connectivity index (χ0v) is 13.5. The van der Waals surface area contributed by atoms with Gasteiger partial charge in [-0.1, -0.05) is 90.5 Å². The summed E-state index contributed by atoms with van der Waals surface area (Å²) in [6.45, 7) is 1.98. The van der Waals surface area contributed by atoms with E-state index < -0.39 is 5.92 Å². The maximum atomic E-state index is 13.0. The molecule has 2 nitrogen and oxygen atoms in total. The van der Waals surface area contributed by atoms with E-state index in [-0.39, 0.29) is 11.6 Å². The number of Topliss-reactive ketones (excluding diaryl/α,β-unsaturated/α-hetero) is 2. The van der Waals surface area contributed by atoms with Crippen molar-refractivity contribution in [3.63, 3.8) is 0 Å². The quantitative estimate of drug-likeness (QED) is 0.498. The lowest BCUT2D eigenvalue weighted by atomic mass is 9.84. The van der Waals surface area contributed by atoms with Crippen molar-refractivity contribution >= 4 is 11.6 Å². The topological polar surface area (TPSA) is 34.1 Å². The lowest BCUT2D eigenvalue weighted by Gasteiger charge is -2.16. The van der Waals surface area contributed by atoms with Crippen molar-refractivity contribution in [2.45, 2.75) is 12.8 Å². The van der Waals surface area contributed by atoms with Gasteiger partial charge in [0.15, 0.2) is 11.6 Å². The van der Waals surface area contributed by atoms with E-state index in [1.165, 1.54) is 0 Å². The van der Waals surface area contributed by atoms with Gasteiger partial charge < -0.3 is 0 Å². The van der Waals surface area contributed by atoms with Gasteiger partial charge in [0, 0.05) is 11.1 Å². The van der Waals surface area contributed by atoms with Crippen LogP contribution in [-0.4, -0.2) is 11.6 Å². The van der Waals surface area contributed by atoms with Gasteiger partial charge in [-0.3, -0.25) is 9.59 Å². The second kappa shape index (κ2) is 7.05. The van der Waals surface area contributed by atoms with Gasteiger partial charge in [-0.15, -0.1) is 0 Å². The third kappa shape index (κ3) is 3.33. The van der Waals surface area contributed by atoms with Crippen molar-refractivity contribution < 1.29 is 9.59 Å². The molecule has 0 saturated carbocycles. The van der Waals surface area contributed by atoms with E-state index in [1.54, 1.807) is 24.3 Å². The van der Waals surface area contributed by atoms with Gasteiger partial charge in [0.25, 0.3) is 0 Å². The van der Waals surface area contributed by atoms with Crippen LogP contribution < -0.4 is 0 Å². The fraction of sp³-hybridized carbons (Fsp3) is 0.0909. The summed E-state index contributed by atoms with van der Waals surface area (Å²) in [5.74, 6) is -1.17. The molecule has 3 aromatic rings. The molecular formula is C22H18O2. The van der Waals surface area contributed by atoms with Crippen molar-refractivity contribution in [3.05, 3.63) is 107 Å². The van der Waals surface area contributed by atoms with Crippen LogP contribution in [0.15, 0.2) is 84.9 Å². The molecule has 0 heterocycles. The first-order valence-corrected chi connectivity index (χ1v) is 7.92. The lowest BCUT2D eigenvalue weighted by Crippen LogP contribution is -2.22. The average Bonchev–Trinajstić information content (AvgIpc) is 2.64. The molecule has 0 saturated heterocycles. The summed E-state index contributed by atoms with van der Waals surface area (Å²) in [6, 6.07) is 25.6. The van der Waals surface area contributed by atoms with Crippen LogP contribution in [0.4, 0.5) is 0 Å². The van der Waals surface area contributed by atoms with Gasteiger partial charge in [0.1, 0.15) is 5.92 Å². The third-order valence-electron chi connectivity index (χ3n) is 4.05. The number of carbonyl (C=O) groups excluding carboxylic acids is 2. The maximum Gasteiger partial charge on any atom is 0.178 e. The van der Waals surface area contributed by atoms with Crippen LogP contribution in [0, 0.1) is 6.92 Å². The summed E-state index contributed by atoms with van der Waals surface area (Å²) in [7, 11) is 0. The number of rotatable bonds is 5. The Labute approximate surface area is 141 Å². The molecular weight excluding hydrogens is 296 g/mol. The Morgan fingerprint density at radius 2 is 1.04 bits per heavy atom. The van der Waals surface area contributed by atoms with E-state index >= 15 is 0 Å². The Hall–Kier alpha value is -3.00. The van der Waals surface area contributed by atoms with E-state index in [9.17, 15) is 9.59 Å². The van der Waals surface area contributed by atoms with E-state index in [1.807, 2.05) is 67.6 Å². The first-order valence-electron chi connectivity index (χ1n) is 7.92. The van der Waals surface area contributed by atoms with Crippen molar-refractivity contribution in [1.82, 2.24) is 0 Å². The third-order valence-corrected chi connectivity index (χ3v) is 4.05. The van der Waals surface area contributed by atoms with E-state index in [2.05, 4.69) is 0 Å². The Kier molecular flexibility index (Phi) is 4.66. The number of aryl methyl sites for hydroxylation is 1. The minimum Gasteiger partial charge on any atom is -0.293 e. The smallest absolute Gasteiger partial charge is 0.178 e. The fourth-order valence-electron chi connectivity index (χ4n) is 2.72. The maximum absolute atomic E-state index is 13.0. The first kappa shape index (κ1) is 15.9. The minimum atomic E-state index is -0.824. The highest BCUT2D eigenvalue weighted by molar-refractivity contribution is 6.20. The van der Waals surface area contributed by atoms with E-state index in [0.29, 0.717) is 11.1 Å². The van der Waals surface area contributed by atoms with Crippen LogP contribution in [0.25, 0.3) is 0 Å². The molecule has 0 fully saturated rings. The largest absolute Gasteiger partial charge is 0.293 e. The zero-order valence-electron chi connectivity index (χ0n) is 13.5. The molecule has 0 aromatic heterocycles. The van der Waals surface area contributed by atoms with Crippen molar-refractivity contribution in [3.8, 4) is 0 Å². The average molecular weight is 314 g/mol. The fourth-order valence-corrected chi connectivity index (χ4v) is 2.72. The minimum absolute atomic E-state index is 0.173. The normalized spacial score (nSPS) is 10.6. The Morgan fingerprint density at radius 1 is 0.625 bits per heavy atom. The highest BCUT2D eigenvalue weighted by Crippen LogP contribution is 2.26. The zero-order chi connectivity index (χ0) is 16.9. The highest BCUT2D eigenvalue weighted by Gasteiger charge is 2.29. The molecule has 0 aliphatic carbocycles. The van der Waals surface area contributed by atoms with Gasteiger partial charge in [0.2, 0.25) is 0 Å². The van der Waals surface area contributed by atoms with Crippen LogP contribution in [-0.2, 0) is 0 Å². The van der Waals surface area contributed by atoms with Crippen molar-refractivity contribution in [2.75, 3.05) is 0 Å². The molecule has 0 amide bonds. The summed E-state index contributed by atoms with van der Waals surface area (Å²) >= 11 is 0. The molecule has 0 spiro atoms. The van der Waals surface area contributed by atoms with Crippen molar-refractivity contribution in [2.24, 2.45) is 0 Å². The van der Waals surface area contributed by atoms with Gasteiger partial charge >= 0.3 is 0 Å². The van der Waals surface area contributed by atoms with Crippen molar-refractivity contribution in [1.29, 1.82) is 0 Å². The molecule has 118 valence electrons. The molecule has 0 bridgehead atoms. The number of benzene rings is 3. The number of hydrogen-bond acceptors (Lipinski definition) is 2. The SMILES string of the molecule is Cc1ccc(C(C(=O)c2ccccc2)C(=O)c2ccccc2)cc1. The second-order valence-corrected chi connectivity index (χ2v) is 5.80. The van der Waals surface area contributed by atoms with Crippen LogP contribution in [0.3, 0.4) is 0 Å². The molecule has 0 radical (unpaired) electrons. The predicted molar refractivity (Wildman–Crippen MR) is 95.5 cm³/mol. The van der Waals surface area contributed by atoms with Gasteiger partial charge in [-0.05, 0) is 12.5 Å². The van der Waals surface area contributed by atoms with Crippen LogP contribution in [0.2, 0.25) is 0 Å². The van der Waals surface area contributed by atoms with Crippen LogP contribution >= 0.6 is 0 Å². The standard InChI is InChI=1S/C22H18O2/c1-16-12-14-17(15-13-16)20(21(23)18-8-4-2-5-9-18)22(24)19-10-6-3-7-11-19/h2-15,20H,1H3. The summed E-state index contributed by atoms with van der Waals surface area (Å²) in [4.78, 5) is 26.0. The Bertz CT molecular complexity index is 783. The molecule has 0 atom stereocenters. The first-order chi connectivity index (χ1) is 11.7. The summed E-state index contributed by atoms with van der Waals surface area (Å²) in [5, 5.41) is 0. The molecule has 0 unspecified atom stereocenters. The monoisotopic (exact) mass is 314 g/mol. The molecule has 3 rings (SSSR count). The molecule has 0 N–H and O–H groups in total. The van der Waals surface area contributed by atoms with Crippen LogP contribution in [0.1, 0.15) is 37.8 Å². The molecule has 2 heteroatoms. The molecule has 3 aromatic carbocycles. The number of ketones is 2. The van der Waals surface area contributed by atoms with Crippen LogP contribution in [0.5, 0.6) is 0 Å². The van der Waals surface area contributed by atoms with E-state index in [4.69, 9.17) is 0 Å². The summed E-state index contributed by atoms with van der Waals surface area (Å²) < 4.78 is 0. The molecule has 0 aliphatic rings. The predicted octanol–water partition coefficient (Wildman–Crippen LogP) is 4.84. The van der Waals surface area contributed by atoms with Gasteiger partial charge in [0.05, 0.1) is 0 Å². The lowest BCUT2D eigenvalue weighted by molar-refractivity contribution is 0.0860. The number of carbonyl (C=O) groups is 2. The molecule has 0 aliphatic heterocycles. The molecule has 24 heavy (non-hydrogen) atoms. The highest BCUT2D eigenvalue weighted by atomic mass is 16.2. The van der Waals surface area contributed by atoms with Gasteiger partial charge in [-0.25, -0.2) is 0 Å². The number of hydrogen-bond donors (Lipinski definition) is 0.